The molecule has 0 bridgehead atoms. The van der Waals surface area contributed by atoms with Crippen LogP contribution in [0.3, 0.4) is 0 Å². The fourth-order valence-corrected chi connectivity index (χ4v) is 3.84. The summed E-state index contributed by atoms with van der Waals surface area (Å²) in [6.45, 7) is 0. The molecule has 12 heteroatoms. The van der Waals surface area contributed by atoms with Crippen molar-refractivity contribution >= 4 is 56.1 Å². The molecule has 3 rings (SSSR count). The number of thiocarbonyl (C=S) groups is 1. The summed E-state index contributed by atoms with van der Waals surface area (Å²) in [7, 11) is -1.14. The minimum Gasteiger partial charge on any atom is -0.481 e. The molecule has 3 aromatic rings. The topological polar surface area (TPSA) is 114 Å². The van der Waals surface area contributed by atoms with Gasteiger partial charge in [-0.15, -0.1) is 0 Å². The largest absolute Gasteiger partial charge is 0.481 e. The summed E-state index contributed by atoms with van der Waals surface area (Å²) in [4.78, 5) is 7.92. The van der Waals surface area contributed by atoms with Crippen LogP contribution in [0.25, 0.3) is 0 Å². The van der Waals surface area contributed by atoms with Crippen molar-refractivity contribution in [2.45, 2.75) is 4.90 Å². The number of methoxy groups -OCH3 is 2. The van der Waals surface area contributed by atoms with E-state index in [-0.39, 0.29) is 22.6 Å². The highest BCUT2D eigenvalue weighted by Gasteiger charge is 2.17. The van der Waals surface area contributed by atoms with Gasteiger partial charge in [-0.2, -0.15) is 9.97 Å². The number of ether oxygens (including phenoxy) is 2. The minimum absolute atomic E-state index is 0.0119. The first-order valence-corrected chi connectivity index (χ1v) is 11.0. The van der Waals surface area contributed by atoms with Gasteiger partial charge in [0.05, 0.1) is 19.1 Å². The SMILES string of the molecule is COc1cc(NS(=O)(=O)c2ccc(NC(=S)Nc3cccc(Cl)c3)cc2)nc(OC)n1. The fraction of sp³-hybridized carbons (Fsp3) is 0.105. The normalized spacial score (nSPS) is 10.8. The van der Waals surface area contributed by atoms with Gasteiger partial charge < -0.3 is 20.1 Å². The van der Waals surface area contributed by atoms with Crippen molar-refractivity contribution in [3.63, 3.8) is 0 Å². The van der Waals surface area contributed by atoms with Crippen LogP contribution >= 0.6 is 23.8 Å². The number of benzene rings is 2. The third kappa shape index (κ3) is 6.17. The zero-order valence-corrected chi connectivity index (χ0v) is 18.8. The molecule has 1 aromatic heterocycles. The lowest BCUT2D eigenvalue weighted by atomic mass is 10.3. The van der Waals surface area contributed by atoms with Crippen molar-refractivity contribution in [1.82, 2.24) is 9.97 Å². The van der Waals surface area contributed by atoms with E-state index in [1.54, 1.807) is 30.3 Å². The molecule has 0 aliphatic carbocycles. The van der Waals surface area contributed by atoms with Crippen LogP contribution in [0.15, 0.2) is 59.5 Å². The zero-order valence-electron chi connectivity index (χ0n) is 16.4. The van der Waals surface area contributed by atoms with E-state index < -0.39 is 10.0 Å². The van der Waals surface area contributed by atoms with Crippen LogP contribution < -0.4 is 24.8 Å². The Morgan fingerprint density at radius 1 is 0.968 bits per heavy atom. The Labute approximate surface area is 189 Å². The highest BCUT2D eigenvalue weighted by Crippen LogP contribution is 2.22. The number of aromatic nitrogens is 2. The molecular formula is C19H18ClN5O4S2. The molecule has 3 N–H and O–H groups in total. The molecule has 0 fully saturated rings. The molecule has 31 heavy (non-hydrogen) atoms. The monoisotopic (exact) mass is 479 g/mol. The van der Waals surface area contributed by atoms with Crippen LogP contribution in [0.4, 0.5) is 17.2 Å². The Balaban J connectivity index is 1.69. The maximum absolute atomic E-state index is 12.7. The summed E-state index contributed by atoms with van der Waals surface area (Å²) >= 11 is 11.2. The summed E-state index contributed by atoms with van der Waals surface area (Å²) in [5.74, 6) is 0.169. The number of nitrogens with zero attached hydrogens (tertiary/aromatic N) is 2. The van der Waals surface area contributed by atoms with Gasteiger partial charge in [0.25, 0.3) is 10.0 Å². The molecule has 0 amide bonds. The molecule has 0 unspecified atom stereocenters. The van der Waals surface area contributed by atoms with Crippen LogP contribution in [0.2, 0.25) is 5.02 Å². The van der Waals surface area contributed by atoms with Crippen LogP contribution in [-0.4, -0.2) is 37.7 Å². The number of anilines is 3. The minimum atomic E-state index is -3.90. The molecule has 1 heterocycles. The predicted molar refractivity (Wildman–Crippen MR) is 124 cm³/mol. The Morgan fingerprint density at radius 2 is 1.68 bits per heavy atom. The molecule has 0 aliphatic heterocycles. The predicted octanol–water partition coefficient (Wildman–Crippen LogP) is 3.76. The first-order chi connectivity index (χ1) is 14.8. The van der Waals surface area contributed by atoms with E-state index >= 15 is 0 Å². The maximum Gasteiger partial charge on any atom is 0.321 e. The van der Waals surface area contributed by atoms with Crippen LogP contribution in [0.5, 0.6) is 11.9 Å². The van der Waals surface area contributed by atoms with Gasteiger partial charge in [0.15, 0.2) is 10.9 Å². The molecule has 0 atom stereocenters. The second kappa shape index (κ2) is 9.77. The lowest BCUT2D eigenvalue weighted by Crippen LogP contribution is -2.19. The van der Waals surface area contributed by atoms with Crippen LogP contribution in [-0.2, 0) is 10.0 Å². The molecule has 0 aliphatic rings. The molecule has 2 aromatic carbocycles. The zero-order chi connectivity index (χ0) is 22.4. The maximum atomic E-state index is 12.7. The number of hydrogen-bond acceptors (Lipinski definition) is 7. The highest BCUT2D eigenvalue weighted by molar-refractivity contribution is 7.92. The first kappa shape index (κ1) is 22.5. The van der Waals surface area contributed by atoms with E-state index in [1.165, 1.54) is 32.4 Å². The van der Waals surface area contributed by atoms with Crippen LogP contribution in [0.1, 0.15) is 0 Å². The molecule has 9 nitrogen and oxygen atoms in total. The lowest BCUT2D eigenvalue weighted by Gasteiger charge is -2.12. The third-order valence-electron chi connectivity index (χ3n) is 3.82. The molecule has 0 saturated carbocycles. The van der Waals surface area contributed by atoms with E-state index in [0.29, 0.717) is 15.8 Å². The fourth-order valence-electron chi connectivity index (χ4n) is 2.43. The van der Waals surface area contributed by atoms with Gasteiger partial charge >= 0.3 is 6.01 Å². The summed E-state index contributed by atoms with van der Waals surface area (Å²) in [5, 5.41) is 6.88. The molecule has 0 spiro atoms. The molecule has 0 radical (unpaired) electrons. The number of sulfonamides is 1. The number of rotatable bonds is 7. The number of hydrogen-bond donors (Lipinski definition) is 3. The van der Waals surface area contributed by atoms with E-state index in [1.807, 2.05) is 6.07 Å². The van der Waals surface area contributed by atoms with E-state index in [0.717, 1.165) is 5.69 Å². The second-order valence-electron chi connectivity index (χ2n) is 6.00. The molecule has 162 valence electrons. The van der Waals surface area contributed by atoms with Crippen LogP contribution in [0, 0.1) is 0 Å². The van der Waals surface area contributed by atoms with Gasteiger partial charge in [0.1, 0.15) is 0 Å². The standard InChI is InChI=1S/C19H18ClN5O4S2/c1-28-17-11-16(23-18(24-17)29-2)25-31(26,27)15-8-6-13(7-9-15)21-19(30)22-14-5-3-4-12(20)10-14/h3-11H,1-2H3,(H2,21,22,30)(H,23,24,25). The second-order valence-corrected chi connectivity index (χ2v) is 8.53. The third-order valence-corrected chi connectivity index (χ3v) is 5.63. The highest BCUT2D eigenvalue weighted by atomic mass is 35.5. The van der Waals surface area contributed by atoms with Crippen molar-refractivity contribution in [2.24, 2.45) is 0 Å². The van der Waals surface area contributed by atoms with Crippen molar-refractivity contribution < 1.29 is 17.9 Å². The van der Waals surface area contributed by atoms with Gasteiger partial charge in [-0.05, 0) is 54.7 Å². The Hall–Kier alpha value is -3.15. The van der Waals surface area contributed by atoms with Gasteiger partial charge in [0.2, 0.25) is 5.88 Å². The Bertz CT molecular complexity index is 1170. The molecular weight excluding hydrogens is 462 g/mol. The van der Waals surface area contributed by atoms with Gasteiger partial charge in [-0.1, -0.05) is 17.7 Å². The summed E-state index contributed by atoms with van der Waals surface area (Å²) in [6, 6.07) is 14.4. The van der Waals surface area contributed by atoms with Crippen molar-refractivity contribution in [2.75, 3.05) is 29.6 Å². The van der Waals surface area contributed by atoms with Crippen molar-refractivity contribution in [1.29, 1.82) is 0 Å². The average molecular weight is 480 g/mol. The Kier molecular flexibility index (Phi) is 7.10. The average Bonchev–Trinajstić information content (AvgIpc) is 2.73. The number of nitrogens with one attached hydrogen (secondary N) is 3. The summed E-state index contributed by atoms with van der Waals surface area (Å²) < 4.78 is 37.7. The van der Waals surface area contributed by atoms with Gasteiger partial charge in [-0.3, -0.25) is 4.72 Å². The quantitative estimate of drug-likeness (QED) is 0.435. The summed E-state index contributed by atoms with van der Waals surface area (Å²) in [6.07, 6.45) is 0. The Morgan fingerprint density at radius 3 is 2.32 bits per heavy atom. The van der Waals surface area contributed by atoms with E-state index in [2.05, 4.69) is 25.3 Å². The van der Waals surface area contributed by atoms with E-state index in [9.17, 15) is 8.42 Å². The van der Waals surface area contributed by atoms with Crippen molar-refractivity contribution in [3.05, 3.63) is 59.6 Å². The van der Waals surface area contributed by atoms with E-state index in [4.69, 9.17) is 33.3 Å². The van der Waals surface area contributed by atoms with Gasteiger partial charge in [0, 0.05) is 22.5 Å². The number of halogens is 1. The molecule has 0 saturated heterocycles. The smallest absolute Gasteiger partial charge is 0.321 e. The van der Waals surface area contributed by atoms with Gasteiger partial charge in [-0.25, -0.2) is 8.42 Å². The first-order valence-electron chi connectivity index (χ1n) is 8.72. The summed E-state index contributed by atoms with van der Waals surface area (Å²) in [5.41, 5.74) is 1.33. The van der Waals surface area contributed by atoms with Crippen molar-refractivity contribution in [3.8, 4) is 11.9 Å². The lowest BCUT2D eigenvalue weighted by molar-refractivity contribution is 0.353.